The van der Waals surface area contributed by atoms with Crippen LogP contribution in [0.1, 0.15) is 41.4 Å². The van der Waals surface area contributed by atoms with E-state index >= 15 is 0 Å². The van der Waals surface area contributed by atoms with Crippen molar-refractivity contribution < 1.29 is 18.4 Å². The van der Waals surface area contributed by atoms with Crippen LogP contribution < -0.4 is 4.90 Å². The zero-order valence-electron chi connectivity index (χ0n) is 17.8. The van der Waals surface area contributed by atoms with Gasteiger partial charge < -0.3 is 4.90 Å². The SMILES string of the molecule is CCC(=O)N(C)c1ccc(-c2ccc(C(=O)CCc3ccc(F)nc3C)cc2)c(F)c1. The van der Waals surface area contributed by atoms with Gasteiger partial charge >= 0.3 is 0 Å². The molecule has 0 atom stereocenters. The molecule has 1 heterocycles. The maximum absolute atomic E-state index is 14.7. The number of pyridine rings is 1. The number of halogens is 2. The van der Waals surface area contributed by atoms with E-state index in [1.165, 1.54) is 17.0 Å². The van der Waals surface area contributed by atoms with E-state index < -0.39 is 11.8 Å². The molecular weight excluding hydrogens is 398 g/mol. The van der Waals surface area contributed by atoms with Gasteiger partial charge in [-0.2, -0.15) is 4.39 Å². The lowest BCUT2D eigenvalue weighted by Crippen LogP contribution is -2.25. The molecule has 4 nitrogen and oxygen atoms in total. The van der Waals surface area contributed by atoms with Crippen LogP contribution in [0.5, 0.6) is 0 Å². The molecule has 3 rings (SSSR count). The van der Waals surface area contributed by atoms with Gasteiger partial charge in [0, 0.05) is 42.4 Å². The number of anilines is 1. The summed E-state index contributed by atoms with van der Waals surface area (Å²) < 4.78 is 27.8. The number of carbonyl (C=O) groups excluding carboxylic acids is 2. The molecule has 2 aromatic carbocycles. The number of benzene rings is 2. The Morgan fingerprint density at radius 1 is 1.00 bits per heavy atom. The summed E-state index contributed by atoms with van der Waals surface area (Å²) in [5.41, 5.74) is 3.47. The predicted molar refractivity (Wildman–Crippen MR) is 117 cm³/mol. The third kappa shape index (κ3) is 5.20. The number of rotatable bonds is 7. The minimum Gasteiger partial charge on any atom is -0.315 e. The lowest BCUT2D eigenvalue weighted by molar-refractivity contribution is -0.118. The number of ketones is 1. The third-order valence-corrected chi connectivity index (χ3v) is 5.32. The Labute approximate surface area is 180 Å². The number of aryl methyl sites for hydroxylation is 2. The van der Waals surface area contributed by atoms with E-state index in [4.69, 9.17) is 0 Å². The first-order valence-corrected chi connectivity index (χ1v) is 10.1. The third-order valence-electron chi connectivity index (χ3n) is 5.32. The van der Waals surface area contributed by atoms with Gasteiger partial charge in [0.1, 0.15) is 5.82 Å². The second kappa shape index (κ2) is 9.60. The summed E-state index contributed by atoms with van der Waals surface area (Å²) in [6.07, 6.45) is 1.08. The molecule has 0 radical (unpaired) electrons. The van der Waals surface area contributed by atoms with Gasteiger partial charge in [-0.1, -0.05) is 37.3 Å². The quantitative estimate of drug-likeness (QED) is 0.372. The van der Waals surface area contributed by atoms with Gasteiger partial charge in [0.15, 0.2) is 5.78 Å². The molecular formula is C25H24F2N2O2. The summed E-state index contributed by atoms with van der Waals surface area (Å²) in [5.74, 6) is -1.12. The Balaban J connectivity index is 1.70. The fraction of sp³-hybridized carbons (Fsp3) is 0.240. The number of hydrogen-bond donors (Lipinski definition) is 0. The van der Waals surface area contributed by atoms with Crippen LogP contribution in [-0.2, 0) is 11.2 Å². The Hall–Kier alpha value is -3.41. The summed E-state index contributed by atoms with van der Waals surface area (Å²) >= 11 is 0. The van der Waals surface area contributed by atoms with Crippen molar-refractivity contribution in [2.75, 3.05) is 11.9 Å². The van der Waals surface area contributed by atoms with Crippen LogP contribution in [0, 0.1) is 18.7 Å². The highest BCUT2D eigenvalue weighted by molar-refractivity contribution is 5.96. The van der Waals surface area contributed by atoms with Crippen LogP contribution in [0.3, 0.4) is 0 Å². The molecule has 0 saturated heterocycles. The summed E-state index contributed by atoms with van der Waals surface area (Å²) in [6.45, 7) is 3.47. The number of carbonyl (C=O) groups is 2. The molecule has 0 saturated carbocycles. The molecule has 1 amide bonds. The van der Waals surface area contributed by atoms with Crippen molar-refractivity contribution in [2.24, 2.45) is 0 Å². The van der Waals surface area contributed by atoms with E-state index in [9.17, 15) is 18.4 Å². The van der Waals surface area contributed by atoms with E-state index in [2.05, 4.69) is 4.98 Å². The first-order chi connectivity index (χ1) is 14.8. The van der Waals surface area contributed by atoms with E-state index in [0.717, 1.165) is 5.56 Å². The molecule has 160 valence electrons. The first-order valence-electron chi connectivity index (χ1n) is 10.1. The van der Waals surface area contributed by atoms with Crippen molar-refractivity contribution in [3.8, 4) is 11.1 Å². The second-order valence-corrected chi connectivity index (χ2v) is 7.35. The average Bonchev–Trinajstić information content (AvgIpc) is 2.77. The molecule has 1 aromatic heterocycles. The van der Waals surface area contributed by atoms with E-state index in [-0.39, 0.29) is 18.1 Å². The van der Waals surface area contributed by atoms with Crippen molar-refractivity contribution in [1.29, 1.82) is 0 Å². The van der Waals surface area contributed by atoms with Crippen molar-refractivity contribution in [2.45, 2.75) is 33.1 Å². The number of hydrogen-bond acceptors (Lipinski definition) is 3. The summed E-state index contributed by atoms with van der Waals surface area (Å²) in [7, 11) is 1.62. The average molecular weight is 422 g/mol. The Kier molecular flexibility index (Phi) is 6.90. The summed E-state index contributed by atoms with van der Waals surface area (Å²) in [6, 6.07) is 14.4. The molecule has 0 unspecified atom stereocenters. The van der Waals surface area contributed by atoms with Crippen molar-refractivity contribution in [3.63, 3.8) is 0 Å². The van der Waals surface area contributed by atoms with Crippen LogP contribution in [0.4, 0.5) is 14.5 Å². The van der Waals surface area contributed by atoms with Gasteiger partial charge in [-0.05, 0) is 48.7 Å². The second-order valence-electron chi connectivity index (χ2n) is 7.35. The molecule has 0 aliphatic heterocycles. The van der Waals surface area contributed by atoms with E-state index in [0.29, 0.717) is 40.9 Å². The van der Waals surface area contributed by atoms with Crippen LogP contribution in [0.2, 0.25) is 0 Å². The van der Waals surface area contributed by atoms with Crippen LogP contribution in [-0.4, -0.2) is 23.7 Å². The van der Waals surface area contributed by atoms with Crippen molar-refractivity contribution in [1.82, 2.24) is 4.98 Å². The van der Waals surface area contributed by atoms with Crippen LogP contribution in [0.15, 0.2) is 54.6 Å². The van der Waals surface area contributed by atoms with E-state index in [1.54, 1.807) is 63.4 Å². The Morgan fingerprint density at radius 2 is 1.71 bits per heavy atom. The van der Waals surface area contributed by atoms with Crippen LogP contribution >= 0.6 is 0 Å². The standard InChI is InChI=1S/C25H24F2N2O2/c1-4-25(31)29(3)20-11-12-21(22(26)15-20)18-5-7-19(8-6-18)23(30)13-9-17-10-14-24(27)28-16(17)2/h5-8,10-12,14-15H,4,9,13H2,1-3H3. The zero-order valence-corrected chi connectivity index (χ0v) is 17.8. The topological polar surface area (TPSA) is 50.3 Å². The molecule has 3 aromatic rings. The molecule has 0 aliphatic carbocycles. The molecule has 0 N–H and O–H groups in total. The lowest BCUT2D eigenvalue weighted by atomic mass is 9.98. The zero-order chi connectivity index (χ0) is 22.5. The molecule has 0 fully saturated rings. The number of aromatic nitrogens is 1. The first kappa shape index (κ1) is 22.3. The van der Waals surface area contributed by atoms with Gasteiger partial charge in [-0.3, -0.25) is 9.59 Å². The fourth-order valence-electron chi connectivity index (χ4n) is 3.38. The normalized spacial score (nSPS) is 10.7. The maximum Gasteiger partial charge on any atom is 0.226 e. The van der Waals surface area contributed by atoms with Crippen LogP contribution in [0.25, 0.3) is 11.1 Å². The molecule has 6 heteroatoms. The highest BCUT2D eigenvalue weighted by atomic mass is 19.1. The molecule has 0 aliphatic rings. The summed E-state index contributed by atoms with van der Waals surface area (Å²) in [4.78, 5) is 29.5. The number of nitrogens with zero attached hydrogens (tertiary/aromatic N) is 2. The van der Waals surface area contributed by atoms with Gasteiger partial charge in [-0.15, -0.1) is 0 Å². The van der Waals surface area contributed by atoms with Crippen molar-refractivity contribution >= 4 is 17.4 Å². The predicted octanol–water partition coefficient (Wildman–Crippen LogP) is 5.52. The van der Waals surface area contributed by atoms with Gasteiger partial charge in [0.2, 0.25) is 11.9 Å². The highest BCUT2D eigenvalue weighted by Gasteiger charge is 2.13. The van der Waals surface area contributed by atoms with Crippen molar-refractivity contribution in [3.05, 3.63) is 83.2 Å². The maximum atomic E-state index is 14.7. The number of amides is 1. The molecule has 31 heavy (non-hydrogen) atoms. The molecule has 0 spiro atoms. The van der Waals surface area contributed by atoms with Gasteiger partial charge in [-0.25, -0.2) is 9.37 Å². The smallest absolute Gasteiger partial charge is 0.226 e. The highest BCUT2D eigenvalue weighted by Crippen LogP contribution is 2.27. The Morgan fingerprint density at radius 3 is 2.32 bits per heavy atom. The monoisotopic (exact) mass is 422 g/mol. The minimum atomic E-state index is -0.535. The van der Waals surface area contributed by atoms with E-state index in [1.807, 2.05) is 0 Å². The number of Topliss-reactive ketones (excluding diaryl/α,β-unsaturated/α-hetero) is 1. The van der Waals surface area contributed by atoms with Gasteiger partial charge in [0.05, 0.1) is 0 Å². The van der Waals surface area contributed by atoms with Gasteiger partial charge in [0.25, 0.3) is 0 Å². The molecule has 0 bridgehead atoms. The Bertz CT molecular complexity index is 1110. The lowest BCUT2D eigenvalue weighted by Gasteiger charge is -2.17. The largest absolute Gasteiger partial charge is 0.315 e. The minimum absolute atomic E-state index is 0.0502. The fourth-order valence-corrected chi connectivity index (χ4v) is 3.38. The summed E-state index contributed by atoms with van der Waals surface area (Å²) in [5, 5.41) is 0.